The first-order valence-corrected chi connectivity index (χ1v) is 5.43. The van der Waals surface area contributed by atoms with Crippen molar-refractivity contribution in [3.05, 3.63) is 34.8 Å². The lowest BCUT2D eigenvalue weighted by Gasteiger charge is -2.06. The van der Waals surface area contributed by atoms with Crippen LogP contribution in [0.5, 0.6) is 0 Å². The molecule has 0 bridgehead atoms. The highest BCUT2D eigenvalue weighted by Crippen LogP contribution is 2.31. The molecule has 0 aliphatic rings. The third kappa shape index (κ3) is 2.62. The fourth-order valence-corrected chi connectivity index (χ4v) is 1.94. The Labute approximate surface area is 98.6 Å². The molecular formula is C10H7F3N2OS. The largest absolute Gasteiger partial charge is 0.416 e. The third-order valence-electron chi connectivity index (χ3n) is 2.06. The highest BCUT2D eigenvalue weighted by Gasteiger charge is 2.30. The SMILES string of the molecule is OCc1nnc(-c2ccc(C(F)(F)F)cc2)s1. The van der Waals surface area contributed by atoms with E-state index in [9.17, 15) is 13.2 Å². The van der Waals surface area contributed by atoms with Crippen molar-refractivity contribution in [3.63, 3.8) is 0 Å². The Morgan fingerprint density at radius 1 is 1.12 bits per heavy atom. The Morgan fingerprint density at radius 2 is 1.76 bits per heavy atom. The minimum absolute atomic E-state index is 0.224. The van der Waals surface area contributed by atoms with Crippen molar-refractivity contribution in [1.82, 2.24) is 10.2 Å². The van der Waals surface area contributed by atoms with Crippen molar-refractivity contribution >= 4 is 11.3 Å². The maximum absolute atomic E-state index is 12.3. The van der Waals surface area contributed by atoms with Crippen LogP contribution in [-0.2, 0) is 12.8 Å². The number of halogens is 3. The van der Waals surface area contributed by atoms with Gasteiger partial charge in [-0.1, -0.05) is 23.5 Å². The number of hydrogen-bond donors (Lipinski definition) is 1. The third-order valence-corrected chi connectivity index (χ3v) is 3.02. The van der Waals surface area contributed by atoms with Crippen molar-refractivity contribution in [2.24, 2.45) is 0 Å². The molecule has 0 radical (unpaired) electrons. The highest BCUT2D eigenvalue weighted by atomic mass is 32.1. The first-order valence-electron chi connectivity index (χ1n) is 4.61. The summed E-state index contributed by atoms with van der Waals surface area (Å²) in [6.07, 6.45) is -4.34. The van der Waals surface area contributed by atoms with E-state index in [1.54, 1.807) is 0 Å². The van der Waals surface area contributed by atoms with E-state index in [2.05, 4.69) is 10.2 Å². The van der Waals surface area contributed by atoms with Gasteiger partial charge in [-0.2, -0.15) is 13.2 Å². The van der Waals surface area contributed by atoms with Crippen molar-refractivity contribution in [2.75, 3.05) is 0 Å². The molecule has 7 heteroatoms. The Balaban J connectivity index is 2.29. The van der Waals surface area contributed by atoms with Crippen LogP contribution in [0.25, 0.3) is 10.6 Å². The molecule has 0 saturated heterocycles. The summed E-state index contributed by atoms with van der Waals surface area (Å²) in [7, 11) is 0. The first kappa shape index (κ1) is 12.0. The van der Waals surface area contributed by atoms with E-state index in [4.69, 9.17) is 5.11 Å². The number of rotatable bonds is 2. The van der Waals surface area contributed by atoms with Crippen LogP contribution in [0.3, 0.4) is 0 Å². The van der Waals surface area contributed by atoms with Crippen molar-refractivity contribution in [3.8, 4) is 10.6 Å². The van der Waals surface area contributed by atoms with Crippen LogP contribution in [0.15, 0.2) is 24.3 Å². The fraction of sp³-hybridized carbons (Fsp3) is 0.200. The minimum Gasteiger partial charge on any atom is -0.389 e. The fourth-order valence-electron chi connectivity index (χ4n) is 1.24. The lowest BCUT2D eigenvalue weighted by Crippen LogP contribution is -2.03. The number of aliphatic hydroxyl groups is 1. The Morgan fingerprint density at radius 3 is 2.24 bits per heavy atom. The average molecular weight is 260 g/mol. The standard InChI is InChI=1S/C10H7F3N2OS/c11-10(12,13)7-3-1-6(2-4-7)9-15-14-8(5-16)17-9/h1-4,16H,5H2. The molecule has 0 saturated carbocycles. The normalized spacial score (nSPS) is 11.8. The molecule has 1 aromatic heterocycles. The topological polar surface area (TPSA) is 46.0 Å². The summed E-state index contributed by atoms with van der Waals surface area (Å²) in [5.74, 6) is 0. The number of alkyl halides is 3. The molecule has 0 amide bonds. The molecule has 0 aliphatic heterocycles. The van der Waals surface area contributed by atoms with Gasteiger partial charge in [0, 0.05) is 5.56 Å². The molecule has 0 aliphatic carbocycles. The number of aliphatic hydroxyl groups excluding tert-OH is 1. The molecular weight excluding hydrogens is 253 g/mol. The molecule has 3 nitrogen and oxygen atoms in total. The number of aromatic nitrogens is 2. The predicted molar refractivity (Wildman–Crippen MR) is 56.3 cm³/mol. The second-order valence-corrected chi connectivity index (χ2v) is 4.30. The van der Waals surface area contributed by atoms with Gasteiger partial charge < -0.3 is 5.11 Å². The smallest absolute Gasteiger partial charge is 0.389 e. The highest BCUT2D eigenvalue weighted by molar-refractivity contribution is 7.14. The van der Waals surface area contributed by atoms with Gasteiger partial charge >= 0.3 is 6.18 Å². The molecule has 0 unspecified atom stereocenters. The summed E-state index contributed by atoms with van der Waals surface area (Å²) in [6.45, 7) is -0.224. The molecule has 2 aromatic rings. The zero-order valence-electron chi connectivity index (χ0n) is 8.40. The lowest BCUT2D eigenvalue weighted by atomic mass is 10.1. The summed E-state index contributed by atoms with van der Waals surface area (Å²) in [4.78, 5) is 0. The molecule has 1 aromatic carbocycles. The maximum atomic E-state index is 12.3. The summed E-state index contributed by atoms with van der Waals surface area (Å²) < 4.78 is 37.0. The van der Waals surface area contributed by atoms with Crippen LogP contribution in [-0.4, -0.2) is 15.3 Å². The van der Waals surface area contributed by atoms with E-state index in [0.717, 1.165) is 23.5 Å². The van der Waals surface area contributed by atoms with Gasteiger partial charge in [-0.15, -0.1) is 10.2 Å². The van der Waals surface area contributed by atoms with E-state index < -0.39 is 11.7 Å². The molecule has 0 spiro atoms. The van der Waals surface area contributed by atoms with Gasteiger partial charge in [0.15, 0.2) is 0 Å². The summed E-state index contributed by atoms with van der Waals surface area (Å²) in [5.41, 5.74) is -0.150. The molecule has 90 valence electrons. The molecule has 0 fully saturated rings. The average Bonchev–Trinajstić information content (AvgIpc) is 2.76. The summed E-state index contributed by atoms with van der Waals surface area (Å²) in [5, 5.41) is 17.2. The second-order valence-electron chi connectivity index (χ2n) is 3.23. The van der Waals surface area contributed by atoms with Crippen LogP contribution >= 0.6 is 11.3 Å². The quantitative estimate of drug-likeness (QED) is 0.903. The number of hydrogen-bond acceptors (Lipinski definition) is 4. The van der Waals surface area contributed by atoms with E-state index in [-0.39, 0.29) is 6.61 Å². The van der Waals surface area contributed by atoms with Crippen LogP contribution in [0.1, 0.15) is 10.6 Å². The summed E-state index contributed by atoms with van der Waals surface area (Å²) in [6, 6.07) is 4.67. The zero-order valence-corrected chi connectivity index (χ0v) is 9.22. The molecule has 2 rings (SSSR count). The molecule has 1 heterocycles. The molecule has 0 atom stereocenters. The van der Waals surface area contributed by atoms with Crippen molar-refractivity contribution in [1.29, 1.82) is 0 Å². The number of nitrogens with zero attached hydrogens (tertiary/aromatic N) is 2. The number of benzene rings is 1. The van der Waals surface area contributed by atoms with Crippen LogP contribution < -0.4 is 0 Å². The van der Waals surface area contributed by atoms with E-state index in [1.807, 2.05) is 0 Å². The minimum atomic E-state index is -4.34. The van der Waals surface area contributed by atoms with Gasteiger partial charge in [0.2, 0.25) is 0 Å². The second kappa shape index (κ2) is 4.42. The van der Waals surface area contributed by atoms with Gasteiger partial charge in [0.1, 0.15) is 10.0 Å². The Hall–Kier alpha value is -1.47. The van der Waals surface area contributed by atoms with E-state index >= 15 is 0 Å². The monoisotopic (exact) mass is 260 g/mol. The first-order chi connectivity index (χ1) is 8.00. The van der Waals surface area contributed by atoms with Gasteiger partial charge in [-0.3, -0.25) is 0 Å². The lowest BCUT2D eigenvalue weighted by molar-refractivity contribution is -0.137. The Bertz CT molecular complexity index is 507. The van der Waals surface area contributed by atoms with Crippen molar-refractivity contribution < 1.29 is 18.3 Å². The van der Waals surface area contributed by atoms with Crippen LogP contribution in [0, 0.1) is 0 Å². The van der Waals surface area contributed by atoms with Gasteiger partial charge in [-0.25, -0.2) is 0 Å². The van der Waals surface area contributed by atoms with Crippen LogP contribution in [0.2, 0.25) is 0 Å². The van der Waals surface area contributed by atoms with Gasteiger partial charge in [0.25, 0.3) is 0 Å². The van der Waals surface area contributed by atoms with Gasteiger partial charge in [0.05, 0.1) is 12.2 Å². The van der Waals surface area contributed by atoms with Crippen LogP contribution in [0.4, 0.5) is 13.2 Å². The zero-order chi connectivity index (χ0) is 12.5. The van der Waals surface area contributed by atoms with E-state index in [0.29, 0.717) is 15.6 Å². The summed E-state index contributed by atoms with van der Waals surface area (Å²) >= 11 is 1.15. The maximum Gasteiger partial charge on any atom is 0.416 e. The predicted octanol–water partition coefficient (Wildman–Crippen LogP) is 2.72. The molecule has 1 N–H and O–H groups in total. The van der Waals surface area contributed by atoms with Gasteiger partial charge in [-0.05, 0) is 12.1 Å². The molecule has 17 heavy (non-hydrogen) atoms. The van der Waals surface area contributed by atoms with Crippen molar-refractivity contribution in [2.45, 2.75) is 12.8 Å². The van der Waals surface area contributed by atoms with E-state index in [1.165, 1.54) is 12.1 Å². The Kier molecular flexibility index (Phi) is 3.12.